The first-order valence-corrected chi connectivity index (χ1v) is 7.16. The number of hydrogen-bond acceptors (Lipinski definition) is 4. The fraction of sp³-hybridized carbons (Fsp3) is 0.118. The number of carbonyl (C=O) groups is 3. The summed E-state index contributed by atoms with van der Waals surface area (Å²) in [5, 5.41) is 7.28. The van der Waals surface area contributed by atoms with Gasteiger partial charge in [0.1, 0.15) is 5.75 Å². The summed E-state index contributed by atoms with van der Waals surface area (Å²) in [5.74, 6) is -1.58. The van der Waals surface area contributed by atoms with Gasteiger partial charge in [0.05, 0.1) is 13.7 Å². The van der Waals surface area contributed by atoms with Crippen LogP contribution in [0.5, 0.6) is 5.75 Å². The molecular weight excluding hydrogens is 310 g/mol. The number of benzene rings is 2. The average Bonchev–Trinajstić information content (AvgIpc) is 2.60. The molecule has 0 aliphatic rings. The Morgan fingerprint density at radius 1 is 0.875 bits per heavy atom. The highest BCUT2D eigenvalue weighted by molar-refractivity contribution is 6.39. The molecule has 2 aromatic rings. The fourth-order valence-corrected chi connectivity index (χ4v) is 1.86. The van der Waals surface area contributed by atoms with Crippen LogP contribution in [0.1, 0.15) is 0 Å². The first kappa shape index (κ1) is 17.0. The van der Waals surface area contributed by atoms with E-state index in [1.165, 1.54) is 7.11 Å². The third-order valence-corrected chi connectivity index (χ3v) is 3.00. The molecule has 0 spiro atoms. The minimum atomic E-state index is -0.889. The van der Waals surface area contributed by atoms with Gasteiger partial charge in [0.25, 0.3) is 0 Å². The van der Waals surface area contributed by atoms with Gasteiger partial charge in [-0.05, 0) is 24.3 Å². The molecule has 0 heterocycles. The van der Waals surface area contributed by atoms with Gasteiger partial charge >= 0.3 is 11.8 Å². The molecule has 0 unspecified atom stereocenters. The molecule has 0 saturated heterocycles. The average molecular weight is 327 g/mol. The predicted octanol–water partition coefficient (Wildman–Crippen LogP) is 1.39. The highest BCUT2D eigenvalue weighted by atomic mass is 16.5. The Labute approximate surface area is 139 Å². The maximum atomic E-state index is 11.8. The van der Waals surface area contributed by atoms with Crippen LogP contribution in [0.2, 0.25) is 0 Å². The van der Waals surface area contributed by atoms with Gasteiger partial charge in [-0.1, -0.05) is 24.3 Å². The Kier molecular flexibility index (Phi) is 5.90. The molecule has 0 aliphatic heterocycles. The van der Waals surface area contributed by atoms with Crippen molar-refractivity contribution in [3.8, 4) is 5.75 Å². The van der Waals surface area contributed by atoms with E-state index in [4.69, 9.17) is 4.74 Å². The summed E-state index contributed by atoms with van der Waals surface area (Å²) in [4.78, 5) is 35.2. The summed E-state index contributed by atoms with van der Waals surface area (Å²) in [6.45, 7) is -0.321. The van der Waals surface area contributed by atoms with E-state index in [0.29, 0.717) is 17.1 Å². The third kappa shape index (κ3) is 5.13. The van der Waals surface area contributed by atoms with Crippen molar-refractivity contribution in [1.82, 2.24) is 5.32 Å². The molecule has 124 valence electrons. The number of ether oxygens (including phenoxy) is 1. The molecule has 0 radical (unpaired) electrons. The number of para-hydroxylation sites is 1. The van der Waals surface area contributed by atoms with E-state index in [9.17, 15) is 14.4 Å². The Hall–Kier alpha value is -3.35. The van der Waals surface area contributed by atoms with Crippen LogP contribution in [0.25, 0.3) is 0 Å². The molecule has 2 aromatic carbocycles. The number of carbonyl (C=O) groups excluding carboxylic acids is 3. The molecule has 0 aromatic heterocycles. The van der Waals surface area contributed by atoms with Gasteiger partial charge in [0.15, 0.2) is 0 Å². The zero-order chi connectivity index (χ0) is 17.4. The molecule has 0 bridgehead atoms. The molecular formula is C17H17N3O4. The molecule has 2 rings (SSSR count). The molecule has 24 heavy (non-hydrogen) atoms. The van der Waals surface area contributed by atoms with Crippen LogP contribution in [-0.2, 0) is 14.4 Å². The third-order valence-electron chi connectivity index (χ3n) is 3.00. The maximum absolute atomic E-state index is 11.8. The Balaban J connectivity index is 1.80. The summed E-state index contributed by atoms with van der Waals surface area (Å²) in [7, 11) is 1.52. The van der Waals surface area contributed by atoms with Crippen LogP contribution < -0.4 is 20.7 Å². The standard InChI is InChI=1S/C17H17N3O4/c1-24-14-9-5-8-13(10-14)19-15(21)11-18-16(22)17(23)20-12-6-3-2-4-7-12/h2-10H,11H2,1H3,(H,18,22)(H,19,21)(H,20,23). The summed E-state index contributed by atoms with van der Waals surface area (Å²) < 4.78 is 5.05. The molecule has 3 amide bonds. The molecule has 0 atom stereocenters. The van der Waals surface area contributed by atoms with E-state index in [2.05, 4.69) is 16.0 Å². The minimum Gasteiger partial charge on any atom is -0.497 e. The number of nitrogens with one attached hydrogen (secondary N) is 3. The van der Waals surface area contributed by atoms with E-state index < -0.39 is 17.7 Å². The fourth-order valence-electron chi connectivity index (χ4n) is 1.86. The first-order chi connectivity index (χ1) is 11.6. The molecule has 0 saturated carbocycles. The van der Waals surface area contributed by atoms with Crippen LogP contribution in [0.3, 0.4) is 0 Å². The van der Waals surface area contributed by atoms with Crippen LogP contribution in [-0.4, -0.2) is 31.4 Å². The minimum absolute atomic E-state index is 0.321. The van der Waals surface area contributed by atoms with Crippen molar-refractivity contribution < 1.29 is 19.1 Å². The van der Waals surface area contributed by atoms with E-state index in [1.807, 2.05) is 0 Å². The van der Waals surface area contributed by atoms with Gasteiger partial charge in [-0.15, -0.1) is 0 Å². The predicted molar refractivity (Wildman–Crippen MR) is 89.7 cm³/mol. The lowest BCUT2D eigenvalue weighted by atomic mass is 10.3. The lowest BCUT2D eigenvalue weighted by Gasteiger charge is -2.08. The molecule has 7 heteroatoms. The summed E-state index contributed by atoms with van der Waals surface area (Å²) >= 11 is 0. The number of hydrogen-bond donors (Lipinski definition) is 3. The monoisotopic (exact) mass is 327 g/mol. The first-order valence-electron chi connectivity index (χ1n) is 7.16. The van der Waals surface area contributed by atoms with E-state index >= 15 is 0 Å². The second-order valence-corrected chi connectivity index (χ2v) is 4.78. The van der Waals surface area contributed by atoms with Crippen molar-refractivity contribution in [1.29, 1.82) is 0 Å². The van der Waals surface area contributed by atoms with E-state index in [0.717, 1.165) is 0 Å². The quantitative estimate of drug-likeness (QED) is 0.723. The van der Waals surface area contributed by atoms with Crippen molar-refractivity contribution in [3.05, 3.63) is 54.6 Å². The van der Waals surface area contributed by atoms with Crippen LogP contribution in [0.15, 0.2) is 54.6 Å². The smallest absolute Gasteiger partial charge is 0.313 e. The number of rotatable bonds is 5. The number of amides is 3. The zero-order valence-corrected chi connectivity index (χ0v) is 13.0. The van der Waals surface area contributed by atoms with Crippen LogP contribution in [0.4, 0.5) is 11.4 Å². The summed E-state index contributed by atoms with van der Waals surface area (Å²) in [6.07, 6.45) is 0. The normalized spacial score (nSPS) is 9.71. The maximum Gasteiger partial charge on any atom is 0.313 e. The number of anilines is 2. The van der Waals surface area contributed by atoms with E-state index in [1.54, 1.807) is 54.6 Å². The van der Waals surface area contributed by atoms with Crippen molar-refractivity contribution >= 4 is 29.1 Å². The van der Waals surface area contributed by atoms with Crippen LogP contribution in [0, 0.1) is 0 Å². The summed E-state index contributed by atoms with van der Waals surface area (Å²) in [6, 6.07) is 15.3. The Morgan fingerprint density at radius 3 is 2.29 bits per heavy atom. The SMILES string of the molecule is COc1cccc(NC(=O)CNC(=O)C(=O)Nc2ccccc2)c1. The molecule has 7 nitrogen and oxygen atoms in total. The van der Waals surface area contributed by atoms with Crippen LogP contribution >= 0.6 is 0 Å². The lowest BCUT2D eigenvalue weighted by molar-refractivity contribution is -0.136. The van der Waals surface area contributed by atoms with Crippen molar-refractivity contribution in [2.75, 3.05) is 24.3 Å². The largest absolute Gasteiger partial charge is 0.497 e. The number of methoxy groups -OCH3 is 1. The van der Waals surface area contributed by atoms with Crippen molar-refractivity contribution in [3.63, 3.8) is 0 Å². The Morgan fingerprint density at radius 2 is 1.58 bits per heavy atom. The highest BCUT2D eigenvalue weighted by Gasteiger charge is 2.14. The second-order valence-electron chi connectivity index (χ2n) is 4.78. The van der Waals surface area contributed by atoms with Gasteiger partial charge in [-0.25, -0.2) is 0 Å². The topological polar surface area (TPSA) is 96.5 Å². The molecule has 3 N–H and O–H groups in total. The van der Waals surface area contributed by atoms with Gasteiger partial charge in [-0.2, -0.15) is 0 Å². The van der Waals surface area contributed by atoms with Gasteiger partial charge in [-0.3, -0.25) is 14.4 Å². The second kappa shape index (κ2) is 8.33. The van der Waals surface area contributed by atoms with Gasteiger partial charge < -0.3 is 20.7 Å². The summed E-state index contributed by atoms with van der Waals surface area (Å²) in [5.41, 5.74) is 1.03. The van der Waals surface area contributed by atoms with Gasteiger partial charge in [0, 0.05) is 17.4 Å². The molecule has 0 aliphatic carbocycles. The van der Waals surface area contributed by atoms with Crippen molar-refractivity contribution in [2.45, 2.75) is 0 Å². The van der Waals surface area contributed by atoms with E-state index in [-0.39, 0.29) is 6.54 Å². The molecule has 0 fully saturated rings. The highest BCUT2D eigenvalue weighted by Crippen LogP contribution is 2.16. The lowest BCUT2D eigenvalue weighted by Crippen LogP contribution is -2.39. The van der Waals surface area contributed by atoms with Gasteiger partial charge in [0.2, 0.25) is 5.91 Å². The zero-order valence-electron chi connectivity index (χ0n) is 13.0. The van der Waals surface area contributed by atoms with Crippen molar-refractivity contribution in [2.24, 2.45) is 0 Å². The Bertz CT molecular complexity index is 732.